The van der Waals surface area contributed by atoms with Crippen LogP contribution in [0.5, 0.6) is 11.5 Å². The summed E-state index contributed by atoms with van der Waals surface area (Å²) in [7, 11) is -4.05. The van der Waals surface area contributed by atoms with Crippen LogP contribution < -0.4 is 19.5 Å². The molecule has 28 heavy (non-hydrogen) atoms. The summed E-state index contributed by atoms with van der Waals surface area (Å²) in [6.45, 7) is 0.279. The molecular formula is C18H18F2N2O5S. The van der Waals surface area contributed by atoms with Crippen molar-refractivity contribution in [1.82, 2.24) is 10.0 Å². The normalized spacial score (nSPS) is 15.9. The molecule has 1 heterocycles. The fourth-order valence-electron chi connectivity index (χ4n) is 2.51. The molecule has 3 rings (SSSR count). The van der Waals surface area contributed by atoms with E-state index in [0.717, 1.165) is 12.1 Å². The number of carbonyl (C=O) groups excluding carboxylic acids is 1. The van der Waals surface area contributed by atoms with Gasteiger partial charge in [0.05, 0.1) is 11.4 Å². The summed E-state index contributed by atoms with van der Waals surface area (Å²) in [6, 6.07) is 9.42. The highest BCUT2D eigenvalue weighted by Crippen LogP contribution is 2.30. The number of benzene rings is 2. The smallest absolute Gasteiger partial charge is 0.240 e. The topological polar surface area (TPSA) is 93.7 Å². The van der Waals surface area contributed by atoms with Crippen molar-refractivity contribution in [2.24, 2.45) is 0 Å². The van der Waals surface area contributed by atoms with Crippen LogP contribution in [-0.4, -0.2) is 40.1 Å². The standard InChI is InChI=1S/C18H18F2N2O5S/c19-14-6-5-13(9-15(14)20)28(24,25)22-8-7-18(23)21-10-12-11-26-16-3-1-2-4-17(16)27-12/h1-6,9,12,22H,7-8,10-11H2,(H,21,23)/t12-/m0/s1. The summed E-state index contributed by atoms with van der Waals surface area (Å²) < 4.78 is 63.5. The zero-order chi connectivity index (χ0) is 20.1. The highest BCUT2D eigenvalue weighted by Gasteiger charge is 2.21. The molecular weight excluding hydrogens is 394 g/mol. The number of hydrogen-bond acceptors (Lipinski definition) is 5. The predicted octanol–water partition coefficient (Wildman–Crippen LogP) is 1.59. The van der Waals surface area contributed by atoms with E-state index < -0.39 is 32.5 Å². The number of fused-ring (bicyclic) bond motifs is 1. The highest BCUT2D eigenvalue weighted by molar-refractivity contribution is 7.89. The molecule has 0 radical (unpaired) electrons. The quantitative estimate of drug-likeness (QED) is 0.721. The summed E-state index contributed by atoms with van der Waals surface area (Å²) in [4.78, 5) is 11.5. The monoisotopic (exact) mass is 412 g/mol. The number of rotatable bonds is 7. The average Bonchev–Trinajstić information content (AvgIpc) is 2.68. The fraction of sp³-hybridized carbons (Fsp3) is 0.278. The van der Waals surface area contributed by atoms with Crippen LogP contribution in [0.15, 0.2) is 47.4 Å². The summed E-state index contributed by atoms with van der Waals surface area (Å²) >= 11 is 0. The Bertz CT molecular complexity index is 968. The number of sulfonamides is 1. The van der Waals surface area contributed by atoms with E-state index in [1.54, 1.807) is 12.1 Å². The van der Waals surface area contributed by atoms with Crippen molar-refractivity contribution in [1.29, 1.82) is 0 Å². The Balaban J connectivity index is 1.43. The number of ether oxygens (including phenoxy) is 2. The van der Waals surface area contributed by atoms with Crippen molar-refractivity contribution >= 4 is 15.9 Å². The van der Waals surface area contributed by atoms with Gasteiger partial charge in [-0.1, -0.05) is 12.1 Å². The van der Waals surface area contributed by atoms with Crippen molar-refractivity contribution in [3.63, 3.8) is 0 Å². The fourth-order valence-corrected chi connectivity index (χ4v) is 3.55. The average molecular weight is 412 g/mol. The first-order valence-electron chi connectivity index (χ1n) is 8.45. The molecule has 7 nitrogen and oxygen atoms in total. The maximum atomic E-state index is 13.2. The number of hydrogen-bond donors (Lipinski definition) is 2. The van der Waals surface area contributed by atoms with Gasteiger partial charge in [0.1, 0.15) is 12.7 Å². The lowest BCUT2D eigenvalue weighted by atomic mass is 10.2. The van der Waals surface area contributed by atoms with Gasteiger partial charge in [-0.25, -0.2) is 21.9 Å². The van der Waals surface area contributed by atoms with Gasteiger partial charge in [0.2, 0.25) is 15.9 Å². The first-order valence-corrected chi connectivity index (χ1v) is 9.93. The van der Waals surface area contributed by atoms with E-state index in [0.29, 0.717) is 17.6 Å². The Morgan fingerprint density at radius 1 is 1.11 bits per heavy atom. The van der Waals surface area contributed by atoms with E-state index in [-0.39, 0.29) is 32.2 Å². The van der Waals surface area contributed by atoms with E-state index >= 15 is 0 Å². The van der Waals surface area contributed by atoms with E-state index in [1.165, 1.54) is 0 Å². The molecule has 10 heteroatoms. The van der Waals surface area contributed by atoms with E-state index in [2.05, 4.69) is 10.0 Å². The van der Waals surface area contributed by atoms with Crippen LogP contribution in [0.4, 0.5) is 8.78 Å². The van der Waals surface area contributed by atoms with Crippen molar-refractivity contribution in [2.75, 3.05) is 19.7 Å². The van der Waals surface area contributed by atoms with Crippen molar-refractivity contribution < 1.29 is 31.5 Å². The first kappa shape index (κ1) is 20.0. The molecule has 1 amide bonds. The Morgan fingerprint density at radius 3 is 2.61 bits per heavy atom. The van der Waals surface area contributed by atoms with Crippen molar-refractivity contribution in [3.8, 4) is 11.5 Å². The van der Waals surface area contributed by atoms with Crippen LogP contribution in [0, 0.1) is 11.6 Å². The predicted molar refractivity (Wildman–Crippen MR) is 95.5 cm³/mol. The minimum atomic E-state index is -4.05. The molecule has 0 aliphatic carbocycles. The zero-order valence-electron chi connectivity index (χ0n) is 14.7. The maximum Gasteiger partial charge on any atom is 0.240 e. The lowest BCUT2D eigenvalue weighted by Gasteiger charge is -2.26. The summed E-state index contributed by atoms with van der Waals surface area (Å²) in [5, 5.41) is 2.64. The molecule has 0 saturated heterocycles. The Labute approximate surface area is 160 Å². The van der Waals surface area contributed by atoms with Gasteiger partial charge in [0.25, 0.3) is 0 Å². The molecule has 1 aliphatic rings. The van der Waals surface area contributed by atoms with Crippen LogP contribution in [0.2, 0.25) is 0 Å². The van der Waals surface area contributed by atoms with Crippen LogP contribution in [0.25, 0.3) is 0 Å². The SMILES string of the molecule is O=C(CCNS(=O)(=O)c1ccc(F)c(F)c1)NC[C@H]1COc2ccccc2O1. The summed E-state index contributed by atoms with van der Waals surface area (Å²) in [6.07, 6.45) is -0.495. The van der Waals surface area contributed by atoms with Gasteiger partial charge in [-0.2, -0.15) is 0 Å². The molecule has 0 unspecified atom stereocenters. The number of carbonyl (C=O) groups is 1. The Kier molecular flexibility index (Phi) is 6.10. The first-order chi connectivity index (χ1) is 13.3. The van der Waals surface area contributed by atoms with Crippen LogP contribution in [0.3, 0.4) is 0 Å². The lowest BCUT2D eigenvalue weighted by Crippen LogP contribution is -2.41. The van der Waals surface area contributed by atoms with E-state index in [4.69, 9.17) is 9.47 Å². The van der Waals surface area contributed by atoms with Gasteiger partial charge in [-0.05, 0) is 30.3 Å². The molecule has 0 spiro atoms. The van der Waals surface area contributed by atoms with Crippen LogP contribution >= 0.6 is 0 Å². The second-order valence-electron chi connectivity index (χ2n) is 6.03. The van der Waals surface area contributed by atoms with Gasteiger partial charge in [0.15, 0.2) is 23.1 Å². The maximum absolute atomic E-state index is 13.2. The lowest BCUT2D eigenvalue weighted by molar-refractivity contribution is -0.121. The molecule has 2 aromatic rings. The number of amides is 1. The Morgan fingerprint density at radius 2 is 1.86 bits per heavy atom. The number of para-hydroxylation sites is 2. The second-order valence-corrected chi connectivity index (χ2v) is 7.79. The molecule has 0 bridgehead atoms. The third-order valence-corrected chi connectivity index (χ3v) is 5.40. The van der Waals surface area contributed by atoms with Gasteiger partial charge in [0, 0.05) is 13.0 Å². The second kappa shape index (κ2) is 8.53. The van der Waals surface area contributed by atoms with Gasteiger partial charge >= 0.3 is 0 Å². The van der Waals surface area contributed by atoms with Crippen molar-refractivity contribution in [2.45, 2.75) is 17.4 Å². The molecule has 1 atom stereocenters. The molecule has 2 aromatic carbocycles. The molecule has 150 valence electrons. The minimum absolute atomic E-state index is 0.132. The van der Waals surface area contributed by atoms with E-state index in [1.807, 2.05) is 12.1 Å². The molecule has 2 N–H and O–H groups in total. The Hall–Kier alpha value is -2.72. The number of nitrogens with one attached hydrogen (secondary N) is 2. The number of halogens is 2. The molecule has 1 aliphatic heterocycles. The van der Waals surface area contributed by atoms with Crippen molar-refractivity contribution in [3.05, 3.63) is 54.1 Å². The highest BCUT2D eigenvalue weighted by atomic mass is 32.2. The van der Waals surface area contributed by atoms with E-state index in [9.17, 15) is 22.0 Å². The third-order valence-electron chi connectivity index (χ3n) is 3.94. The minimum Gasteiger partial charge on any atom is -0.486 e. The largest absolute Gasteiger partial charge is 0.486 e. The van der Waals surface area contributed by atoms with Crippen LogP contribution in [-0.2, 0) is 14.8 Å². The summed E-state index contributed by atoms with van der Waals surface area (Å²) in [5.41, 5.74) is 0. The van der Waals surface area contributed by atoms with Gasteiger partial charge < -0.3 is 14.8 Å². The third kappa shape index (κ3) is 4.96. The molecule has 0 fully saturated rings. The zero-order valence-corrected chi connectivity index (χ0v) is 15.5. The molecule has 0 saturated carbocycles. The summed E-state index contributed by atoms with van der Waals surface area (Å²) in [5.74, 6) is -1.58. The van der Waals surface area contributed by atoms with Gasteiger partial charge in [-0.3, -0.25) is 4.79 Å². The molecule has 0 aromatic heterocycles. The van der Waals surface area contributed by atoms with Crippen LogP contribution in [0.1, 0.15) is 6.42 Å². The van der Waals surface area contributed by atoms with Gasteiger partial charge in [-0.15, -0.1) is 0 Å².